The predicted octanol–water partition coefficient (Wildman–Crippen LogP) is 0.386. The number of hydrogen-bond acceptors (Lipinski definition) is 4. The van der Waals surface area contributed by atoms with Crippen molar-refractivity contribution in [3.05, 3.63) is 0 Å². The van der Waals surface area contributed by atoms with E-state index >= 15 is 0 Å². The van der Waals surface area contributed by atoms with E-state index in [0.717, 1.165) is 45.3 Å². The van der Waals surface area contributed by atoms with Crippen molar-refractivity contribution >= 4 is 8.56 Å². The lowest BCUT2D eigenvalue weighted by Gasteiger charge is -2.31. The molecular formula is C9H22N2O2Si. The molecule has 0 atom stereocenters. The second kappa shape index (κ2) is 5.82. The Bertz CT molecular complexity index is 159. The molecule has 0 spiro atoms. The zero-order valence-electron chi connectivity index (χ0n) is 9.29. The van der Waals surface area contributed by atoms with Crippen molar-refractivity contribution in [2.75, 3.05) is 39.9 Å². The molecule has 1 aliphatic rings. The Morgan fingerprint density at radius 1 is 1.29 bits per heavy atom. The van der Waals surface area contributed by atoms with Gasteiger partial charge in [-0.1, -0.05) is 0 Å². The number of likely N-dealkylation sites (N-methyl/N-ethyl adjacent to an activating group) is 1. The molecule has 5 heteroatoms. The zero-order chi connectivity index (χ0) is 10.4. The highest BCUT2D eigenvalue weighted by Gasteiger charge is 2.31. The predicted molar refractivity (Wildman–Crippen MR) is 59.5 cm³/mol. The van der Waals surface area contributed by atoms with Crippen molar-refractivity contribution in [1.29, 1.82) is 0 Å². The standard InChI is InChI=1S/C9H22N2O2Si/c1-11-5-7-12-14(2,9-3-4-10)13-8-6-11/h3-10H2,1-2H3. The molecule has 0 radical (unpaired) electrons. The molecule has 0 bridgehead atoms. The molecule has 14 heavy (non-hydrogen) atoms. The lowest BCUT2D eigenvalue weighted by molar-refractivity contribution is 0.109. The van der Waals surface area contributed by atoms with Crippen molar-refractivity contribution in [3.63, 3.8) is 0 Å². The molecule has 1 aliphatic heterocycles. The fourth-order valence-corrected chi connectivity index (χ4v) is 3.82. The van der Waals surface area contributed by atoms with Crippen molar-refractivity contribution in [2.24, 2.45) is 5.73 Å². The van der Waals surface area contributed by atoms with Crippen LogP contribution in [0, 0.1) is 0 Å². The van der Waals surface area contributed by atoms with Crippen molar-refractivity contribution < 1.29 is 8.85 Å². The molecule has 1 saturated heterocycles. The summed E-state index contributed by atoms with van der Waals surface area (Å²) < 4.78 is 11.7. The third-order valence-electron chi connectivity index (χ3n) is 2.60. The highest BCUT2D eigenvalue weighted by molar-refractivity contribution is 6.66. The highest BCUT2D eigenvalue weighted by Crippen LogP contribution is 2.16. The minimum atomic E-state index is -1.88. The summed E-state index contributed by atoms with van der Waals surface area (Å²) in [5.41, 5.74) is 5.50. The quantitative estimate of drug-likeness (QED) is 0.696. The van der Waals surface area contributed by atoms with Crippen LogP contribution in [0.1, 0.15) is 6.42 Å². The van der Waals surface area contributed by atoms with Gasteiger partial charge in [-0.2, -0.15) is 0 Å². The molecule has 0 aliphatic carbocycles. The van der Waals surface area contributed by atoms with Gasteiger partial charge >= 0.3 is 8.56 Å². The molecule has 0 unspecified atom stereocenters. The van der Waals surface area contributed by atoms with Gasteiger partial charge < -0.3 is 19.5 Å². The van der Waals surface area contributed by atoms with Gasteiger partial charge in [-0.15, -0.1) is 0 Å². The molecule has 1 heterocycles. The first-order valence-electron chi connectivity index (χ1n) is 5.33. The maximum absolute atomic E-state index is 5.86. The summed E-state index contributed by atoms with van der Waals surface area (Å²) in [6.07, 6.45) is 1.01. The lowest BCUT2D eigenvalue weighted by Crippen LogP contribution is -2.45. The molecule has 84 valence electrons. The lowest BCUT2D eigenvalue weighted by atomic mass is 10.5. The molecule has 1 fully saturated rings. The van der Waals surface area contributed by atoms with E-state index in [1.54, 1.807) is 0 Å². The minimum absolute atomic E-state index is 0.731. The fourth-order valence-electron chi connectivity index (χ4n) is 1.56. The van der Waals surface area contributed by atoms with Crippen LogP contribution in [0.5, 0.6) is 0 Å². The average Bonchev–Trinajstić information content (AvgIpc) is 2.12. The SMILES string of the molecule is CN1CCO[Si](C)(CCCN)OCC1. The Balaban J connectivity index is 2.36. The fraction of sp³-hybridized carbons (Fsp3) is 1.00. The third kappa shape index (κ3) is 4.06. The van der Waals surface area contributed by atoms with Crippen LogP contribution in [0.15, 0.2) is 0 Å². The van der Waals surface area contributed by atoms with Gasteiger partial charge in [0.2, 0.25) is 0 Å². The smallest absolute Gasteiger partial charge is 0.335 e. The Labute approximate surface area is 87.6 Å². The van der Waals surface area contributed by atoms with Crippen LogP contribution in [0.25, 0.3) is 0 Å². The van der Waals surface area contributed by atoms with Crippen molar-refractivity contribution in [3.8, 4) is 0 Å². The number of nitrogens with two attached hydrogens (primary N) is 1. The number of nitrogens with zero attached hydrogens (tertiary/aromatic N) is 1. The van der Waals surface area contributed by atoms with Crippen LogP contribution in [0.3, 0.4) is 0 Å². The van der Waals surface area contributed by atoms with Crippen molar-refractivity contribution in [1.82, 2.24) is 4.90 Å². The summed E-state index contributed by atoms with van der Waals surface area (Å²) in [5, 5.41) is 0. The topological polar surface area (TPSA) is 47.7 Å². The molecule has 0 amide bonds. The van der Waals surface area contributed by atoms with E-state index in [4.69, 9.17) is 14.6 Å². The van der Waals surface area contributed by atoms with Gasteiger partial charge in [-0.3, -0.25) is 0 Å². The van der Waals surface area contributed by atoms with Crippen LogP contribution in [-0.2, 0) is 8.85 Å². The van der Waals surface area contributed by atoms with E-state index in [2.05, 4.69) is 18.5 Å². The van der Waals surface area contributed by atoms with Gasteiger partial charge in [0.25, 0.3) is 0 Å². The Morgan fingerprint density at radius 2 is 1.86 bits per heavy atom. The van der Waals surface area contributed by atoms with Crippen molar-refractivity contribution in [2.45, 2.75) is 19.0 Å². The largest absolute Gasteiger partial charge is 0.393 e. The maximum atomic E-state index is 5.86. The number of rotatable bonds is 3. The third-order valence-corrected chi connectivity index (χ3v) is 5.49. The Morgan fingerprint density at radius 3 is 2.36 bits per heavy atom. The first-order valence-corrected chi connectivity index (χ1v) is 7.85. The Hall–Kier alpha value is 0.0569. The highest BCUT2D eigenvalue weighted by atomic mass is 28.4. The first kappa shape index (κ1) is 12.1. The average molecular weight is 218 g/mol. The van der Waals surface area contributed by atoms with Gasteiger partial charge in [0.1, 0.15) is 0 Å². The van der Waals surface area contributed by atoms with E-state index < -0.39 is 8.56 Å². The van der Waals surface area contributed by atoms with E-state index in [-0.39, 0.29) is 0 Å². The van der Waals surface area contributed by atoms with Crippen LogP contribution < -0.4 is 5.73 Å². The van der Waals surface area contributed by atoms with E-state index in [1.807, 2.05) is 0 Å². The van der Waals surface area contributed by atoms with E-state index in [1.165, 1.54) is 0 Å². The molecule has 2 N–H and O–H groups in total. The molecule has 0 aromatic carbocycles. The second-order valence-corrected chi connectivity index (χ2v) is 7.37. The molecule has 0 saturated carbocycles. The molecule has 0 aromatic heterocycles. The van der Waals surface area contributed by atoms with E-state index in [9.17, 15) is 0 Å². The van der Waals surface area contributed by atoms with Crippen LogP contribution >= 0.6 is 0 Å². The van der Waals surface area contributed by atoms with Crippen LogP contribution in [0.2, 0.25) is 12.6 Å². The zero-order valence-corrected chi connectivity index (χ0v) is 10.3. The van der Waals surface area contributed by atoms with Crippen LogP contribution in [-0.4, -0.2) is 53.4 Å². The summed E-state index contributed by atoms with van der Waals surface area (Å²) in [7, 11) is 0.218. The first-order chi connectivity index (χ1) is 6.66. The number of hydrogen-bond donors (Lipinski definition) is 1. The minimum Gasteiger partial charge on any atom is -0.393 e. The van der Waals surface area contributed by atoms with Gasteiger partial charge in [-0.05, 0) is 32.6 Å². The second-order valence-electron chi connectivity index (χ2n) is 4.03. The molecule has 1 rings (SSSR count). The van der Waals surface area contributed by atoms with Gasteiger partial charge in [0, 0.05) is 26.3 Å². The van der Waals surface area contributed by atoms with Gasteiger partial charge in [0.15, 0.2) is 0 Å². The van der Waals surface area contributed by atoms with Gasteiger partial charge in [-0.25, -0.2) is 0 Å². The summed E-state index contributed by atoms with van der Waals surface area (Å²) in [5.74, 6) is 0. The molecule has 0 aromatic rings. The summed E-state index contributed by atoms with van der Waals surface area (Å²) in [6.45, 7) is 6.49. The van der Waals surface area contributed by atoms with Crippen LogP contribution in [0.4, 0.5) is 0 Å². The summed E-state index contributed by atoms with van der Waals surface area (Å²) >= 11 is 0. The molecule has 4 nitrogen and oxygen atoms in total. The normalized spacial score (nSPS) is 24.2. The maximum Gasteiger partial charge on any atom is 0.335 e. The van der Waals surface area contributed by atoms with Gasteiger partial charge in [0.05, 0.1) is 0 Å². The summed E-state index contributed by atoms with van der Waals surface area (Å²) in [6, 6.07) is 1.02. The molecular weight excluding hydrogens is 196 g/mol. The van der Waals surface area contributed by atoms with E-state index in [0.29, 0.717) is 0 Å². The summed E-state index contributed by atoms with van der Waals surface area (Å²) in [4.78, 5) is 2.23. The monoisotopic (exact) mass is 218 g/mol. The Kier molecular flexibility index (Phi) is 5.04.